The van der Waals surface area contributed by atoms with Gasteiger partial charge in [-0.15, -0.1) is 0 Å². The zero-order valence-corrected chi connectivity index (χ0v) is 13.3. The number of carbonyl (C=O) groups is 2. The zero-order valence-electron chi connectivity index (χ0n) is 11.7. The van der Waals surface area contributed by atoms with Gasteiger partial charge in [-0.1, -0.05) is 22.0 Å². The van der Waals surface area contributed by atoms with Crippen molar-refractivity contribution in [2.24, 2.45) is 0 Å². The molecule has 0 fully saturated rings. The number of halogens is 1. The minimum atomic E-state index is -0.195. The average molecular weight is 347 g/mol. The number of nitrogens with one attached hydrogen (secondary N) is 2. The van der Waals surface area contributed by atoms with Crippen molar-refractivity contribution in [3.05, 3.63) is 58.1 Å². The topological polar surface area (TPSA) is 58.2 Å². The van der Waals surface area contributed by atoms with E-state index in [1.54, 1.807) is 30.3 Å². The third-order valence-corrected chi connectivity index (χ3v) is 3.20. The Morgan fingerprint density at radius 3 is 2.29 bits per heavy atom. The Hall–Kier alpha value is -2.14. The summed E-state index contributed by atoms with van der Waals surface area (Å²) < 4.78 is 0.861. The fourth-order valence-corrected chi connectivity index (χ4v) is 2.56. The van der Waals surface area contributed by atoms with Crippen LogP contribution in [0, 0.1) is 6.92 Å². The summed E-state index contributed by atoms with van der Waals surface area (Å²) in [5.74, 6) is -0.347. The molecule has 0 aliphatic rings. The van der Waals surface area contributed by atoms with Crippen molar-refractivity contribution in [2.75, 3.05) is 10.6 Å². The van der Waals surface area contributed by atoms with Gasteiger partial charge in [-0.3, -0.25) is 9.59 Å². The molecule has 0 saturated carbocycles. The molecular formula is C16H15BrN2O2. The molecule has 0 saturated heterocycles. The van der Waals surface area contributed by atoms with Crippen LogP contribution in [0.5, 0.6) is 0 Å². The van der Waals surface area contributed by atoms with Crippen molar-refractivity contribution < 1.29 is 9.59 Å². The van der Waals surface area contributed by atoms with Crippen molar-refractivity contribution in [1.82, 2.24) is 0 Å². The molecule has 0 aromatic heterocycles. The minimum absolute atomic E-state index is 0.152. The number of rotatable bonds is 3. The molecule has 2 aromatic rings. The summed E-state index contributed by atoms with van der Waals surface area (Å²) in [5.41, 5.74) is 2.85. The standard InChI is InChI=1S/C16H15BrN2O2/c1-10-6-12(8-13(17)7-10)16(21)19-15-5-3-4-14(9-15)18-11(2)20/h3-9H,1-2H3,(H,18,20)(H,19,21). The summed E-state index contributed by atoms with van der Waals surface area (Å²) in [6.45, 7) is 3.37. The third kappa shape index (κ3) is 4.43. The summed E-state index contributed by atoms with van der Waals surface area (Å²) in [7, 11) is 0. The van der Waals surface area contributed by atoms with E-state index in [9.17, 15) is 9.59 Å². The lowest BCUT2D eigenvalue weighted by Crippen LogP contribution is -2.12. The summed E-state index contributed by atoms with van der Waals surface area (Å²) in [4.78, 5) is 23.3. The monoisotopic (exact) mass is 346 g/mol. The van der Waals surface area contributed by atoms with Crippen LogP contribution in [0.3, 0.4) is 0 Å². The molecule has 0 unspecified atom stereocenters. The summed E-state index contributed by atoms with van der Waals surface area (Å²) >= 11 is 3.38. The van der Waals surface area contributed by atoms with Gasteiger partial charge < -0.3 is 10.6 Å². The highest BCUT2D eigenvalue weighted by molar-refractivity contribution is 9.10. The minimum Gasteiger partial charge on any atom is -0.326 e. The number of aryl methyl sites for hydroxylation is 1. The Labute approximate surface area is 131 Å². The Balaban J connectivity index is 2.17. The molecule has 2 aromatic carbocycles. The van der Waals surface area contributed by atoms with Crippen LogP contribution in [0.15, 0.2) is 46.9 Å². The fraction of sp³-hybridized carbons (Fsp3) is 0.125. The van der Waals surface area contributed by atoms with Crippen molar-refractivity contribution in [3.8, 4) is 0 Å². The maximum Gasteiger partial charge on any atom is 0.255 e. The van der Waals surface area contributed by atoms with Crippen LogP contribution in [0.1, 0.15) is 22.8 Å². The number of benzene rings is 2. The largest absolute Gasteiger partial charge is 0.326 e. The first-order chi connectivity index (χ1) is 9.94. The summed E-state index contributed by atoms with van der Waals surface area (Å²) in [6, 6.07) is 12.5. The summed E-state index contributed by atoms with van der Waals surface area (Å²) in [5, 5.41) is 5.49. The second-order valence-corrected chi connectivity index (χ2v) is 5.65. The van der Waals surface area contributed by atoms with E-state index in [1.807, 2.05) is 19.1 Å². The van der Waals surface area contributed by atoms with Gasteiger partial charge in [-0.05, 0) is 48.9 Å². The molecule has 5 heteroatoms. The lowest BCUT2D eigenvalue weighted by Gasteiger charge is -2.09. The number of amides is 2. The Kier molecular flexibility index (Phi) is 4.75. The molecule has 21 heavy (non-hydrogen) atoms. The molecule has 0 atom stereocenters. The highest BCUT2D eigenvalue weighted by atomic mass is 79.9. The molecule has 2 N–H and O–H groups in total. The first-order valence-electron chi connectivity index (χ1n) is 6.40. The van der Waals surface area contributed by atoms with Gasteiger partial charge in [-0.25, -0.2) is 0 Å². The van der Waals surface area contributed by atoms with Gasteiger partial charge >= 0.3 is 0 Å². The molecule has 0 bridgehead atoms. The Morgan fingerprint density at radius 1 is 1.00 bits per heavy atom. The van der Waals surface area contributed by atoms with E-state index >= 15 is 0 Å². The maximum atomic E-state index is 12.2. The van der Waals surface area contributed by atoms with E-state index in [0.29, 0.717) is 16.9 Å². The van der Waals surface area contributed by atoms with Crippen LogP contribution < -0.4 is 10.6 Å². The predicted molar refractivity (Wildman–Crippen MR) is 87.6 cm³/mol. The number of carbonyl (C=O) groups excluding carboxylic acids is 2. The highest BCUT2D eigenvalue weighted by Gasteiger charge is 2.08. The van der Waals surface area contributed by atoms with Crippen LogP contribution in [0.4, 0.5) is 11.4 Å². The Bertz CT molecular complexity index is 678. The SMILES string of the molecule is CC(=O)Nc1cccc(NC(=O)c2cc(C)cc(Br)c2)c1. The molecule has 2 amide bonds. The van der Waals surface area contributed by atoms with Crippen molar-refractivity contribution >= 4 is 39.1 Å². The van der Waals surface area contributed by atoms with E-state index < -0.39 is 0 Å². The number of hydrogen-bond donors (Lipinski definition) is 2. The summed E-state index contributed by atoms with van der Waals surface area (Å²) in [6.07, 6.45) is 0. The molecule has 0 aliphatic carbocycles. The average Bonchev–Trinajstić information content (AvgIpc) is 2.37. The molecule has 4 nitrogen and oxygen atoms in total. The first-order valence-corrected chi connectivity index (χ1v) is 7.19. The lowest BCUT2D eigenvalue weighted by molar-refractivity contribution is -0.114. The van der Waals surface area contributed by atoms with Crippen LogP contribution in [0.2, 0.25) is 0 Å². The Morgan fingerprint density at radius 2 is 1.67 bits per heavy atom. The van der Waals surface area contributed by atoms with Gasteiger partial charge in [0.1, 0.15) is 0 Å². The molecule has 0 aliphatic heterocycles. The number of hydrogen-bond acceptors (Lipinski definition) is 2. The van der Waals surface area contributed by atoms with Gasteiger partial charge in [0, 0.05) is 28.3 Å². The van der Waals surface area contributed by atoms with E-state index in [0.717, 1.165) is 10.0 Å². The van der Waals surface area contributed by atoms with Crippen molar-refractivity contribution in [2.45, 2.75) is 13.8 Å². The lowest BCUT2D eigenvalue weighted by atomic mass is 10.1. The van der Waals surface area contributed by atoms with Gasteiger partial charge in [0.25, 0.3) is 5.91 Å². The van der Waals surface area contributed by atoms with Gasteiger partial charge in [0.05, 0.1) is 0 Å². The van der Waals surface area contributed by atoms with E-state index in [2.05, 4.69) is 26.6 Å². The second-order valence-electron chi connectivity index (χ2n) is 4.73. The second kappa shape index (κ2) is 6.54. The van der Waals surface area contributed by atoms with Crippen LogP contribution in [0.25, 0.3) is 0 Å². The first kappa shape index (κ1) is 15.3. The molecule has 2 rings (SSSR count). The molecule has 0 heterocycles. The number of anilines is 2. The maximum absolute atomic E-state index is 12.2. The molecule has 0 radical (unpaired) electrons. The molecule has 108 valence electrons. The zero-order chi connectivity index (χ0) is 15.4. The van der Waals surface area contributed by atoms with Gasteiger partial charge in [0.2, 0.25) is 5.91 Å². The van der Waals surface area contributed by atoms with Crippen molar-refractivity contribution in [3.63, 3.8) is 0 Å². The van der Waals surface area contributed by atoms with Crippen LogP contribution in [-0.2, 0) is 4.79 Å². The normalized spacial score (nSPS) is 10.0. The third-order valence-electron chi connectivity index (χ3n) is 2.75. The van der Waals surface area contributed by atoms with E-state index in [4.69, 9.17) is 0 Å². The van der Waals surface area contributed by atoms with E-state index in [1.165, 1.54) is 6.92 Å². The van der Waals surface area contributed by atoms with E-state index in [-0.39, 0.29) is 11.8 Å². The highest BCUT2D eigenvalue weighted by Crippen LogP contribution is 2.19. The molecular weight excluding hydrogens is 332 g/mol. The van der Waals surface area contributed by atoms with Crippen molar-refractivity contribution in [1.29, 1.82) is 0 Å². The predicted octanol–water partition coefficient (Wildman–Crippen LogP) is 3.97. The van der Waals surface area contributed by atoms with Gasteiger partial charge in [-0.2, -0.15) is 0 Å². The fourth-order valence-electron chi connectivity index (χ4n) is 1.95. The quantitative estimate of drug-likeness (QED) is 0.883. The van der Waals surface area contributed by atoms with Crippen LogP contribution >= 0.6 is 15.9 Å². The van der Waals surface area contributed by atoms with Gasteiger partial charge in [0.15, 0.2) is 0 Å². The molecule has 0 spiro atoms. The van der Waals surface area contributed by atoms with Crippen LogP contribution in [-0.4, -0.2) is 11.8 Å². The smallest absolute Gasteiger partial charge is 0.255 e.